The number of alkyl halides is 3. The third-order valence-electron chi connectivity index (χ3n) is 2.57. The molecule has 2 unspecified atom stereocenters. The summed E-state index contributed by atoms with van der Waals surface area (Å²) < 4.78 is 37.2. The Hall–Kier alpha value is -0.0000000000000000486. The Bertz CT molecular complexity index is 176. The third-order valence-corrected chi connectivity index (χ3v) is 2.57. The van der Waals surface area contributed by atoms with Gasteiger partial charge in [0.15, 0.2) is 0 Å². The Morgan fingerprint density at radius 1 is 1.46 bits per heavy atom. The molecule has 0 bridgehead atoms. The summed E-state index contributed by atoms with van der Waals surface area (Å²) in [6.45, 7) is -0.423. The summed E-state index contributed by atoms with van der Waals surface area (Å²) in [6, 6.07) is 0. The highest BCUT2D eigenvalue weighted by Crippen LogP contribution is 2.49. The van der Waals surface area contributed by atoms with Crippen molar-refractivity contribution in [1.82, 2.24) is 0 Å². The predicted molar refractivity (Wildman–Crippen MR) is 44.6 cm³/mol. The highest BCUT2D eigenvalue weighted by Gasteiger charge is 2.56. The lowest BCUT2D eigenvalue weighted by atomic mass is 9.85. The van der Waals surface area contributed by atoms with Crippen LogP contribution in [-0.4, -0.2) is 23.9 Å². The zero-order valence-corrected chi connectivity index (χ0v) is 7.79. The number of aliphatic hydroxyl groups is 1. The number of hydrogen-bond donors (Lipinski definition) is 2. The van der Waals surface area contributed by atoms with E-state index in [0.717, 1.165) is 0 Å². The van der Waals surface area contributed by atoms with Crippen molar-refractivity contribution < 1.29 is 18.3 Å². The van der Waals surface area contributed by atoms with Crippen LogP contribution >= 0.6 is 12.4 Å². The standard InChI is InChI=1S/C7H12F3NO.ClH/c8-7(9,10)6(4-11)2-1-5(12)3-6;/h5,12H,1-4,11H2;1H. The summed E-state index contributed by atoms with van der Waals surface area (Å²) in [7, 11) is 0. The second-order valence-electron chi connectivity index (χ2n) is 3.38. The van der Waals surface area contributed by atoms with E-state index in [1.54, 1.807) is 0 Å². The van der Waals surface area contributed by atoms with Gasteiger partial charge >= 0.3 is 6.18 Å². The average Bonchev–Trinajstić information content (AvgIpc) is 2.31. The summed E-state index contributed by atoms with van der Waals surface area (Å²) >= 11 is 0. The fraction of sp³-hybridized carbons (Fsp3) is 1.00. The van der Waals surface area contributed by atoms with E-state index in [4.69, 9.17) is 10.8 Å². The molecule has 0 aliphatic heterocycles. The Morgan fingerprint density at radius 3 is 2.15 bits per heavy atom. The number of hydrogen-bond acceptors (Lipinski definition) is 2. The van der Waals surface area contributed by atoms with Crippen LogP contribution in [0.5, 0.6) is 0 Å². The largest absolute Gasteiger partial charge is 0.395 e. The predicted octanol–water partition coefficient (Wildman–Crippen LogP) is 1.46. The second-order valence-corrected chi connectivity index (χ2v) is 3.38. The van der Waals surface area contributed by atoms with Crippen LogP contribution in [0.1, 0.15) is 19.3 Å². The molecule has 0 radical (unpaired) electrons. The first kappa shape index (κ1) is 13.0. The third kappa shape index (κ3) is 2.27. The molecule has 2 atom stereocenters. The van der Waals surface area contributed by atoms with Gasteiger partial charge in [-0.05, 0) is 19.3 Å². The number of nitrogens with two attached hydrogens (primary N) is 1. The molecule has 1 fully saturated rings. The van der Waals surface area contributed by atoms with Gasteiger partial charge < -0.3 is 10.8 Å². The maximum atomic E-state index is 12.4. The average molecular weight is 220 g/mol. The van der Waals surface area contributed by atoms with Crippen molar-refractivity contribution in [2.45, 2.75) is 31.5 Å². The van der Waals surface area contributed by atoms with Crippen molar-refractivity contribution >= 4 is 12.4 Å². The molecule has 1 aliphatic rings. The minimum absolute atomic E-state index is 0. The van der Waals surface area contributed by atoms with E-state index >= 15 is 0 Å². The van der Waals surface area contributed by atoms with Crippen LogP contribution in [0.4, 0.5) is 13.2 Å². The zero-order valence-electron chi connectivity index (χ0n) is 6.97. The minimum Gasteiger partial charge on any atom is -0.393 e. The van der Waals surface area contributed by atoms with Gasteiger partial charge in [-0.25, -0.2) is 0 Å². The Morgan fingerprint density at radius 2 is 2.00 bits per heavy atom. The summed E-state index contributed by atoms with van der Waals surface area (Å²) in [5.74, 6) is 0. The smallest absolute Gasteiger partial charge is 0.393 e. The van der Waals surface area contributed by atoms with E-state index in [-0.39, 0.29) is 31.7 Å². The minimum atomic E-state index is -4.28. The SMILES string of the molecule is Cl.NCC1(C(F)(F)F)CCC(O)C1. The molecule has 1 aliphatic carbocycles. The van der Waals surface area contributed by atoms with E-state index in [1.165, 1.54) is 0 Å². The van der Waals surface area contributed by atoms with E-state index in [0.29, 0.717) is 0 Å². The molecular formula is C7H13ClF3NO. The Balaban J connectivity index is 0.00000144. The van der Waals surface area contributed by atoms with Crippen molar-refractivity contribution in [3.63, 3.8) is 0 Å². The monoisotopic (exact) mass is 219 g/mol. The van der Waals surface area contributed by atoms with Crippen molar-refractivity contribution in [1.29, 1.82) is 0 Å². The molecule has 0 aromatic carbocycles. The first-order valence-electron chi connectivity index (χ1n) is 3.86. The molecule has 80 valence electrons. The summed E-state index contributed by atoms with van der Waals surface area (Å²) in [4.78, 5) is 0. The normalized spacial score (nSPS) is 34.4. The number of halogens is 4. The van der Waals surface area contributed by atoms with Crippen molar-refractivity contribution in [2.24, 2.45) is 11.1 Å². The molecule has 3 N–H and O–H groups in total. The lowest BCUT2D eigenvalue weighted by Gasteiger charge is -2.29. The molecular weight excluding hydrogens is 207 g/mol. The molecule has 13 heavy (non-hydrogen) atoms. The summed E-state index contributed by atoms with van der Waals surface area (Å²) in [6.07, 6.45) is -5.20. The molecule has 1 rings (SSSR count). The second kappa shape index (κ2) is 4.02. The molecule has 6 heteroatoms. The van der Waals surface area contributed by atoms with Crippen LogP contribution in [-0.2, 0) is 0 Å². The maximum Gasteiger partial charge on any atom is 0.395 e. The maximum absolute atomic E-state index is 12.4. The van der Waals surface area contributed by atoms with Gasteiger partial charge in [-0.15, -0.1) is 12.4 Å². The molecule has 2 nitrogen and oxygen atoms in total. The van der Waals surface area contributed by atoms with Crippen LogP contribution in [0.15, 0.2) is 0 Å². The van der Waals surface area contributed by atoms with Gasteiger partial charge in [-0.2, -0.15) is 13.2 Å². The van der Waals surface area contributed by atoms with Crippen LogP contribution in [0.25, 0.3) is 0 Å². The number of rotatable bonds is 1. The van der Waals surface area contributed by atoms with Gasteiger partial charge in [-0.3, -0.25) is 0 Å². The van der Waals surface area contributed by atoms with E-state index in [2.05, 4.69) is 0 Å². The molecule has 0 aromatic heterocycles. The van der Waals surface area contributed by atoms with Gasteiger partial charge in [-0.1, -0.05) is 0 Å². The fourth-order valence-corrected chi connectivity index (χ4v) is 1.66. The highest BCUT2D eigenvalue weighted by atomic mass is 35.5. The summed E-state index contributed by atoms with van der Waals surface area (Å²) in [5.41, 5.74) is 3.26. The first-order chi connectivity index (χ1) is 5.41. The van der Waals surface area contributed by atoms with Crippen molar-refractivity contribution in [3.8, 4) is 0 Å². The summed E-state index contributed by atoms with van der Waals surface area (Å²) in [5, 5.41) is 9.00. The zero-order chi connectivity index (χ0) is 9.41. The van der Waals surface area contributed by atoms with Gasteiger partial charge in [0.2, 0.25) is 0 Å². The van der Waals surface area contributed by atoms with E-state index in [9.17, 15) is 13.2 Å². The van der Waals surface area contributed by atoms with Crippen LogP contribution in [0.3, 0.4) is 0 Å². The van der Waals surface area contributed by atoms with Crippen LogP contribution < -0.4 is 5.73 Å². The van der Waals surface area contributed by atoms with Crippen molar-refractivity contribution in [2.75, 3.05) is 6.54 Å². The molecule has 0 heterocycles. The molecule has 0 saturated heterocycles. The van der Waals surface area contributed by atoms with Crippen LogP contribution in [0, 0.1) is 5.41 Å². The Labute approximate surface area is 80.7 Å². The fourth-order valence-electron chi connectivity index (χ4n) is 1.66. The van der Waals surface area contributed by atoms with Gasteiger partial charge in [0.1, 0.15) is 0 Å². The van der Waals surface area contributed by atoms with Gasteiger partial charge in [0, 0.05) is 6.54 Å². The van der Waals surface area contributed by atoms with Gasteiger partial charge in [0.05, 0.1) is 11.5 Å². The van der Waals surface area contributed by atoms with Crippen LogP contribution in [0.2, 0.25) is 0 Å². The molecule has 1 saturated carbocycles. The molecule has 0 spiro atoms. The first-order valence-corrected chi connectivity index (χ1v) is 3.86. The van der Waals surface area contributed by atoms with Crippen molar-refractivity contribution in [3.05, 3.63) is 0 Å². The quantitative estimate of drug-likeness (QED) is 0.702. The lowest BCUT2D eigenvalue weighted by molar-refractivity contribution is -0.220. The van der Waals surface area contributed by atoms with E-state index < -0.39 is 24.2 Å². The Kier molecular flexibility index (Phi) is 4.02. The number of aliphatic hydroxyl groups excluding tert-OH is 1. The lowest BCUT2D eigenvalue weighted by Crippen LogP contribution is -2.42. The molecule has 0 amide bonds. The molecule has 0 aromatic rings. The topological polar surface area (TPSA) is 46.2 Å². The van der Waals surface area contributed by atoms with Gasteiger partial charge in [0.25, 0.3) is 0 Å². The van der Waals surface area contributed by atoms with E-state index in [1.807, 2.05) is 0 Å². The highest BCUT2D eigenvalue weighted by molar-refractivity contribution is 5.85.